The molecule has 2 aromatic rings. The molecule has 0 N–H and O–H groups in total. The maximum atomic E-state index is 6.29. The minimum absolute atomic E-state index is 0.357. The Hall–Kier alpha value is -1.08. The number of hydrogen-bond donors (Lipinski definition) is 0. The number of nitrogens with zero attached hydrogens (tertiary/aromatic N) is 1. The first-order valence-electron chi connectivity index (χ1n) is 6.74. The zero-order chi connectivity index (χ0) is 12.5. The standard InChI is InChI=1S/C16H18ClN/c1-11-5-6-14-9-13(7-8-16(14)18-11)12-3-2-4-15(17)10-12/h5-9,12,15H,2-4,10H2,1H3. The number of aromatic nitrogens is 1. The fourth-order valence-corrected chi connectivity index (χ4v) is 3.30. The van der Waals surface area contributed by atoms with Crippen molar-refractivity contribution in [1.82, 2.24) is 4.98 Å². The lowest BCUT2D eigenvalue weighted by molar-refractivity contribution is 0.450. The van der Waals surface area contributed by atoms with Crippen LogP contribution in [0.15, 0.2) is 30.3 Å². The lowest BCUT2D eigenvalue weighted by Gasteiger charge is -2.25. The van der Waals surface area contributed by atoms with Crippen molar-refractivity contribution in [3.63, 3.8) is 0 Å². The lowest BCUT2D eigenvalue weighted by Crippen LogP contribution is -2.13. The Labute approximate surface area is 113 Å². The van der Waals surface area contributed by atoms with Gasteiger partial charge in [0.05, 0.1) is 5.52 Å². The molecule has 2 unspecified atom stereocenters. The molecule has 0 saturated heterocycles. The quantitative estimate of drug-likeness (QED) is 0.670. The largest absolute Gasteiger partial charge is 0.253 e. The molecule has 3 rings (SSSR count). The first kappa shape index (κ1) is 12.0. The van der Waals surface area contributed by atoms with Crippen molar-refractivity contribution in [3.8, 4) is 0 Å². The summed E-state index contributed by atoms with van der Waals surface area (Å²) in [5.41, 5.74) is 3.60. The van der Waals surface area contributed by atoms with Crippen LogP contribution in [0.25, 0.3) is 10.9 Å². The van der Waals surface area contributed by atoms with Crippen molar-refractivity contribution in [2.45, 2.75) is 43.9 Å². The second-order valence-corrected chi connectivity index (χ2v) is 5.98. The smallest absolute Gasteiger partial charge is 0.0705 e. The van der Waals surface area contributed by atoms with Gasteiger partial charge in [0, 0.05) is 16.5 Å². The molecule has 1 nitrogen and oxygen atoms in total. The molecule has 0 radical (unpaired) electrons. The van der Waals surface area contributed by atoms with E-state index in [0.29, 0.717) is 11.3 Å². The van der Waals surface area contributed by atoms with Gasteiger partial charge in [0.15, 0.2) is 0 Å². The van der Waals surface area contributed by atoms with Crippen LogP contribution >= 0.6 is 11.6 Å². The highest BCUT2D eigenvalue weighted by Gasteiger charge is 2.21. The van der Waals surface area contributed by atoms with Crippen LogP contribution < -0.4 is 0 Å². The summed E-state index contributed by atoms with van der Waals surface area (Å²) in [5, 5.41) is 1.60. The molecule has 1 aromatic heterocycles. The highest BCUT2D eigenvalue weighted by Crippen LogP contribution is 2.36. The zero-order valence-electron chi connectivity index (χ0n) is 10.7. The molecule has 0 spiro atoms. The Morgan fingerprint density at radius 3 is 2.89 bits per heavy atom. The topological polar surface area (TPSA) is 12.9 Å². The zero-order valence-corrected chi connectivity index (χ0v) is 11.5. The third-order valence-corrected chi connectivity index (χ3v) is 4.33. The summed E-state index contributed by atoms with van der Waals surface area (Å²) in [6, 6.07) is 10.9. The molecule has 0 amide bonds. The van der Waals surface area contributed by atoms with Gasteiger partial charge in [-0.3, -0.25) is 4.98 Å². The van der Waals surface area contributed by atoms with Gasteiger partial charge < -0.3 is 0 Å². The summed E-state index contributed by atoms with van der Waals surface area (Å²) in [6.07, 6.45) is 4.82. The highest BCUT2D eigenvalue weighted by atomic mass is 35.5. The van der Waals surface area contributed by atoms with Crippen LogP contribution in [0.5, 0.6) is 0 Å². The molecule has 1 aliphatic carbocycles. The summed E-state index contributed by atoms with van der Waals surface area (Å²) >= 11 is 6.29. The number of rotatable bonds is 1. The lowest BCUT2D eigenvalue weighted by atomic mass is 9.83. The number of hydrogen-bond acceptors (Lipinski definition) is 1. The molecule has 1 saturated carbocycles. The third-order valence-electron chi connectivity index (χ3n) is 3.93. The second kappa shape index (κ2) is 4.89. The van der Waals surface area contributed by atoms with Gasteiger partial charge in [-0.25, -0.2) is 0 Å². The van der Waals surface area contributed by atoms with Crippen molar-refractivity contribution < 1.29 is 0 Å². The van der Waals surface area contributed by atoms with E-state index in [-0.39, 0.29) is 0 Å². The van der Waals surface area contributed by atoms with Gasteiger partial charge in [0.25, 0.3) is 0 Å². The Kier molecular flexibility index (Phi) is 3.25. The van der Waals surface area contributed by atoms with Crippen molar-refractivity contribution in [3.05, 3.63) is 41.6 Å². The van der Waals surface area contributed by atoms with E-state index in [1.807, 2.05) is 6.92 Å². The molecular weight excluding hydrogens is 242 g/mol. The fourth-order valence-electron chi connectivity index (χ4n) is 2.93. The first-order valence-corrected chi connectivity index (χ1v) is 7.17. The molecule has 1 fully saturated rings. The predicted octanol–water partition coefficient (Wildman–Crippen LogP) is 4.81. The number of fused-ring (bicyclic) bond motifs is 1. The van der Waals surface area contributed by atoms with E-state index in [9.17, 15) is 0 Å². The van der Waals surface area contributed by atoms with Gasteiger partial charge in [-0.2, -0.15) is 0 Å². The Bertz CT molecular complexity index is 564. The van der Waals surface area contributed by atoms with E-state index in [4.69, 9.17) is 11.6 Å². The van der Waals surface area contributed by atoms with E-state index < -0.39 is 0 Å². The van der Waals surface area contributed by atoms with E-state index in [1.54, 1.807) is 0 Å². The van der Waals surface area contributed by atoms with Gasteiger partial charge in [0.1, 0.15) is 0 Å². The molecule has 18 heavy (non-hydrogen) atoms. The molecule has 1 heterocycles. The molecule has 0 bridgehead atoms. The molecule has 1 aliphatic rings. The molecule has 2 atom stereocenters. The first-order chi connectivity index (χ1) is 8.72. The van der Waals surface area contributed by atoms with E-state index in [0.717, 1.165) is 17.6 Å². The SMILES string of the molecule is Cc1ccc2cc(C3CCCC(Cl)C3)ccc2n1. The van der Waals surface area contributed by atoms with Crippen LogP contribution in [0.2, 0.25) is 0 Å². The monoisotopic (exact) mass is 259 g/mol. The second-order valence-electron chi connectivity index (χ2n) is 5.37. The van der Waals surface area contributed by atoms with Crippen LogP contribution in [-0.2, 0) is 0 Å². The summed E-state index contributed by atoms with van der Waals surface area (Å²) in [7, 11) is 0. The number of pyridine rings is 1. The molecule has 2 heteroatoms. The molecule has 94 valence electrons. The molecular formula is C16H18ClN. The molecule has 0 aliphatic heterocycles. The maximum absolute atomic E-state index is 6.29. The summed E-state index contributed by atoms with van der Waals surface area (Å²) in [4.78, 5) is 4.55. The van der Waals surface area contributed by atoms with Crippen molar-refractivity contribution in [1.29, 1.82) is 0 Å². The Morgan fingerprint density at radius 2 is 2.06 bits per heavy atom. The van der Waals surface area contributed by atoms with Gasteiger partial charge >= 0.3 is 0 Å². The van der Waals surface area contributed by atoms with Crippen molar-refractivity contribution >= 4 is 22.5 Å². The Balaban J connectivity index is 1.95. The van der Waals surface area contributed by atoms with Crippen molar-refractivity contribution in [2.24, 2.45) is 0 Å². The van der Waals surface area contributed by atoms with E-state index in [1.165, 1.54) is 30.2 Å². The minimum Gasteiger partial charge on any atom is -0.253 e. The average Bonchev–Trinajstić information content (AvgIpc) is 2.38. The highest BCUT2D eigenvalue weighted by molar-refractivity contribution is 6.20. The van der Waals surface area contributed by atoms with Crippen molar-refractivity contribution in [2.75, 3.05) is 0 Å². The molecule has 1 aromatic carbocycles. The third kappa shape index (κ3) is 2.37. The number of halogens is 1. The average molecular weight is 260 g/mol. The number of benzene rings is 1. The van der Waals surface area contributed by atoms with Crippen LogP contribution in [0.1, 0.15) is 42.9 Å². The van der Waals surface area contributed by atoms with E-state index >= 15 is 0 Å². The Morgan fingerprint density at radius 1 is 1.17 bits per heavy atom. The van der Waals surface area contributed by atoms with Crippen LogP contribution in [0.4, 0.5) is 0 Å². The van der Waals surface area contributed by atoms with E-state index in [2.05, 4.69) is 35.3 Å². The van der Waals surface area contributed by atoms with Gasteiger partial charge in [-0.15, -0.1) is 11.6 Å². The summed E-state index contributed by atoms with van der Waals surface area (Å²) < 4.78 is 0. The predicted molar refractivity (Wildman–Crippen MR) is 77.3 cm³/mol. The van der Waals surface area contributed by atoms with Crippen LogP contribution in [-0.4, -0.2) is 10.4 Å². The van der Waals surface area contributed by atoms with Crippen LogP contribution in [0, 0.1) is 6.92 Å². The summed E-state index contributed by atoms with van der Waals surface area (Å²) in [6.45, 7) is 2.03. The number of aryl methyl sites for hydroxylation is 1. The van der Waals surface area contributed by atoms with Crippen LogP contribution in [0.3, 0.4) is 0 Å². The maximum Gasteiger partial charge on any atom is 0.0705 e. The minimum atomic E-state index is 0.357. The van der Waals surface area contributed by atoms with Gasteiger partial charge in [0.2, 0.25) is 0 Å². The summed E-state index contributed by atoms with van der Waals surface area (Å²) in [5.74, 6) is 0.631. The fraction of sp³-hybridized carbons (Fsp3) is 0.438. The van der Waals surface area contributed by atoms with Gasteiger partial charge in [-0.1, -0.05) is 18.6 Å². The number of alkyl halides is 1. The van der Waals surface area contributed by atoms with Gasteiger partial charge in [-0.05, 0) is 55.9 Å². The normalized spacial score (nSPS) is 24.3.